The lowest BCUT2D eigenvalue weighted by Crippen LogP contribution is -2.13. The molecule has 2 aromatic carbocycles. The molecule has 0 amide bonds. The first kappa shape index (κ1) is 15.9. The molecule has 0 fully saturated rings. The number of hydrogen-bond donors (Lipinski definition) is 2. The van der Waals surface area contributed by atoms with Gasteiger partial charge in [-0.3, -0.25) is 4.72 Å². The number of benzene rings is 2. The van der Waals surface area contributed by atoms with Crippen LogP contribution in [0.4, 0.5) is 11.4 Å². The van der Waals surface area contributed by atoms with Crippen molar-refractivity contribution in [3.63, 3.8) is 0 Å². The Hall–Kier alpha value is -1.43. The van der Waals surface area contributed by atoms with E-state index in [-0.39, 0.29) is 9.92 Å². The van der Waals surface area contributed by atoms with E-state index in [0.717, 1.165) is 12.0 Å². The lowest BCUT2D eigenvalue weighted by Gasteiger charge is -2.11. The normalized spacial score (nSPS) is 11.4. The monoisotopic (exact) mass is 344 g/mol. The maximum Gasteiger partial charge on any atom is 0.261 e. The predicted molar refractivity (Wildman–Crippen MR) is 87.5 cm³/mol. The van der Waals surface area contributed by atoms with E-state index < -0.39 is 10.0 Å². The van der Waals surface area contributed by atoms with E-state index in [0.29, 0.717) is 16.4 Å². The summed E-state index contributed by atoms with van der Waals surface area (Å²) in [6.45, 7) is 1.98. The van der Waals surface area contributed by atoms with E-state index in [1.807, 2.05) is 6.92 Å². The first-order valence-corrected chi connectivity index (χ1v) is 8.43. The van der Waals surface area contributed by atoms with Crippen molar-refractivity contribution in [1.29, 1.82) is 0 Å². The Labute approximate surface area is 133 Å². The van der Waals surface area contributed by atoms with Crippen LogP contribution in [-0.2, 0) is 16.4 Å². The van der Waals surface area contributed by atoms with Gasteiger partial charge in [-0.2, -0.15) is 0 Å². The van der Waals surface area contributed by atoms with Crippen molar-refractivity contribution >= 4 is 44.6 Å². The molecule has 4 nitrogen and oxygen atoms in total. The number of rotatable bonds is 4. The Kier molecular flexibility index (Phi) is 4.66. The highest BCUT2D eigenvalue weighted by molar-refractivity contribution is 7.92. The molecule has 112 valence electrons. The number of anilines is 2. The van der Waals surface area contributed by atoms with E-state index in [1.54, 1.807) is 18.2 Å². The van der Waals surface area contributed by atoms with Crippen LogP contribution in [0, 0.1) is 0 Å². The average molecular weight is 345 g/mol. The first-order chi connectivity index (χ1) is 9.83. The van der Waals surface area contributed by atoms with Crippen molar-refractivity contribution in [3.05, 3.63) is 52.0 Å². The van der Waals surface area contributed by atoms with Crippen LogP contribution in [-0.4, -0.2) is 8.42 Å². The van der Waals surface area contributed by atoms with Crippen LogP contribution in [0.15, 0.2) is 41.3 Å². The molecule has 0 heterocycles. The van der Waals surface area contributed by atoms with Crippen LogP contribution in [0.2, 0.25) is 10.0 Å². The van der Waals surface area contributed by atoms with Gasteiger partial charge in [0.2, 0.25) is 0 Å². The Bertz CT molecular complexity index is 777. The van der Waals surface area contributed by atoms with Crippen LogP contribution in [0.3, 0.4) is 0 Å². The highest BCUT2D eigenvalue weighted by Gasteiger charge is 2.16. The molecular weight excluding hydrogens is 331 g/mol. The highest BCUT2D eigenvalue weighted by Crippen LogP contribution is 2.26. The zero-order valence-corrected chi connectivity index (χ0v) is 13.6. The standard InChI is InChI=1S/C14H14Cl2N2O2S/c1-2-9-3-4-10(7-14(9)17)18-21(19,20)11-5-6-12(15)13(16)8-11/h3-8,18H,2,17H2,1H3. The van der Waals surface area contributed by atoms with E-state index in [9.17, 15) is 8.42 Å². The molecule has 0 aromatic heterocycles. The zero-order chi connectivity index (χ0) is 15.6. The van der Waals surface area contributed by atoms with Gasteiger partial charge in [-0.1, -0.05) is 36.2 Å². The molecule has 0 radical (unpaired) electrons. The summed E-state index contributed by atoms with van der Waals surface area (Å²) >= 11 is 11.6. The van der Waals surface area contributed by atoms with Crippen molar-refractivity contribution < 1.29 is 8.42 Å². The van der Waals surface area contributed by atoms with Crippen LogP contribution in [0.25, 0.3) is 0 Å². The van der Waals surface area contributed by atoms with Gasteiger partial charge in [0.05, 0.1) is 20.6 Å². The highest BCUT2D eigenvalue weighted by atomic mass is 35.5. The van der Waals surface area contributed by atoms with Gasteiger partial charge in [-0.05, 0) is 42.3 Å². The second-order valence-electron chi connectivity index (χ2n) is 4.45. The number of hydrogen-bond acceptors (Lipinski definition) is 3. The molecule has 0 unspecified atom stereocenters. The molecule has 2 rings (SSSR count). The fourth-order valence-corrected chi connectivity index (χ4v) is 3.28. The van der Waals surface area contributed by atoms with E-state index in [4.69, 9.17) is 28.9 Å². The SMILES string of the molecule is CCc1ccc(NS(=O)(=O)c2ccc(Cl)c(Cl)c2)cc1N. The molecule has 0 atom stereocenters. The van der Waals surface area contributed by atoms with Crippen molar-refractivity contribution in [2.75, 3.05) is 10.5 Å². The van der Waals surface area contributed by atoms with Gasteiger partial charge >= 0.3 is 0 Å². The molecule has 21 heavy (non-hydrogen) atoms. The topological polar surface area (TPSA) is 72.2 Å². The number of nitrogens with one attached hydrogen (secondary N) is 1. The third kappa shape index (κ3) is 3.61. The van der Waals surface area contributed by atoms with E-state index in [1.165, 1.54) is 18.2 Å². The summed E-state index contributed by atoms with van der Waals surface area (Å²) in [5.41, 5.74) is 7.77. The Balaban J connectivity index is 2.32. The Morgan fingerprint density at radius 3 is 2.38 bits per heavy atom. The fraction of sp³-hybridized carbons (Fsp3) is 0.143. The van der Waals surface area contributed by atoms with Gasteiger partial charge in [0, 0.05) is 5.69 Å². The smallest absolute Gasteiger partial charge is 0.261 e. The molecule has 0 saturated heterocycles. The molecule has 0 bridgehead atoms. The van der Waals surface area contributed by atoms with Crippen LogP contribution >= 0.6 is 23.2 Å². The van der Waals surface area contributed by atoms with Crippen molar-refractivity contribution in [2.24, 2.45) is 0 Å². The molecule has 3 N–H and O–H groups in total. The minimum absolute atomic E-state index is 0.0371. The second kappa shape index (κ2) is 6.13. The molecule has 0 saturated carbocycles. The van der Waals surface area contributed by atoms with E-state index >= 15 is 0 Å². The summed E-state index contributed by atoms with van der Waals surface area (Å²) in [4.78, 5) is 0.0371. The van der Waals surface area contributed by atoms with Crippen molar-refractivity contribution in [3.8, 4) is 0 Å². The lowest BCUT2D eigenvalue weighted by molar-refractivity contribution is 0.601. The lowest BCUT2D eigenvalue weighted by atomic mass is 10.1. The van der Waals surface area contributed by atoms with Gasteiger partial charge in [0.15, 0.2) is 0 Å². The number of nitrogens with two attached hydrogens (primary N) is 1. The van der Waals surface area contributed by atoms with E-state index in [2.05, 4.69) is 4.72 Å². The summed E-state index contributed by atoms with van der Waals surface area (Å²) in [5.74, 6) is 0. The number of nitrogen functional groups attached to an aromatic ring is 1. The molecule has 2 aromatic rings. The quantitative estimate of drug-likeness (QED) is 0.825. The number of sulfonamides is 1. The average Bonchev–Trinajstić information content (AvgIpc) is 2.41. The van der Waals surface area contributed by atoms with Gasteiger partial charge in [0.25, 0.3) is 10.0 Å². The summed E-state index contributed by atoms with van der Waals surface area (Å²) in [5, 5.41) is 0.479. The largest absolute Gasteiger partial charge is 0.398 e. The van der Waals surface area contributed by atoms with Crippen molar-refractivity contribution in [1.82, 2.24) is 0 Å². The Morgan fingerprint density at radius 2 is 1.81 bits per heavy atom. The molecule has 7 heteroatoms. The van der Waals surface area contributed by atoms with Crippen LogP contribution in [0.5, 0.6) is 0 Å². The van der Waals surface area contributed by atoms with Gasteiger partial charge < -0.3 is 5.73 Å². The first-order valence-electron chi connectivity index (χ1n) is 6.19. The van der Waals surface area contributed by atoms with Crippen LogP contribution in [0.1, 0.15) is 12.5 Å². The number of aryl methyl sites for hydroxylation is 1. The van der Waals surface area contributed by atoms with Gasteiger partial charge in [-0.25, -0.2) is 8.42 Å². The second-order valence-corrected chi connectivity index (χ2v) is 6.95. The summed E-state index contributed by atoms with van der Waals surface area (Å²) < 4.78 is 27.0. The minimum atomic E-state index is -3.74. The summed E-state index contributed by atoms with van der Waals surface area (Å²) in [6.07, 6.45) is 0.783. The Morgan fingerprint density at radius 1 is 1.10 bits per heavy atom. The molecule has 0 aliphatic rings. The molecule has 0 spiro atoms. The third-order valence-electron chi connectivity index (χ3n) is 2.98. The maximum atomic E-state index is 12.3. The minimum Gasteiger partial charge on any atom is -0.398 e. The third-order valence-corrected chi connectivity index (χ3v) is 5.10. The summed E-state index contributed by atoms with van der Waals surface area (Å²) in [6, 6.07) is 9.18. The molecule has 0 aliphatic heterocycles. The maximum absolute atomic E-state index is 12.3. The van der Waals surface area contributed by atoms with Gasteiger partial charge in [0.1, 0.15) is 0 Å². The number of halogens is 2. The predicted octanol–water partition coefficient (Wildman–Crippen LogP) is 3.94. The molecule has 0 aliphatic carbocycles. The van der Waals surface area contributed by atoms with Crippen LogP contribution < -0.4 is 10.5 Å². The zero-order valence-electron chi connectivity index (χ0n) is 11.2. The van der Waals surface area contributed by atoms with Gasteiger partial charge in [-0.15, -0.1) is 0 Å². The van der Waals surface area contributed by atoms with Crippen molar-refractivity contribution in [2.45, 2.75) is 18.2 Å². The fourth-order valence-electron chi connectivity index (χ4n) is 1.84. The molecular formula is C14H14Cl2N2O2S. The summed E-state index contributed by atoms with van der Waals surface area (Å²) in [7, 11) is -3.74.